The molecule has 0 unspecified atom stereocenters. The Bertz CT molecular complexity index is 410. The van der Waals surface area contributed by atoms with Crippen LogP contribution in [0.1, 0.15) is 12.6 Å². The van der Waals surface area contributed by atoms with Crippen molar-refractivity contribution < 1.29 is 0 Å². The first-order valence-electron chi connectivity index (χ1n) is 3.62. The first-order chi connectivity index (χ1) is 6.31. The van der Waals surface area contributed by atoms with Gasteiger partial charge in [0.25, 0.3) is 0 Å². The molecule has 4 nitrogen and oxygen atoms in total. The predicted molar refractivity (Wildman–Crippen MR) is 53.2 cm³/mol. The number of nitrogens with zero attached hydrogens (tertiary/aromatic N) is 4. The lowest BCUT2D eigenvalue weighted by molar-refractivity contribution is 0.989. The molecule has 0 spiro atoms. The Balaban J connectivity index is 2.45. The van der Waals surface area contributed by atoms with Crippen molar-refractivity contribution in [3.8, 4) is 9.88 Å². The fourth-order valence-corrected chi connectivity index (χ4v) is 2.56. The molecule has 0 bridgehead atoms. The van der Waals surface area contributed by atoms with Gasteiger partial charge in [-0.2, -0.15) is 0 Å². The molecule has 0 amide bonds. The van der Waals surface area contributed by atoms with E-state index in [0.29, 0.717) is 4.47 Å². The molecule has 2 heterocycles. The first kappa shape index (κ1) is 8.98. The SMILES string of the molecule is CCc1nnsc1-c1nnc(Cl)s1. The second-order valence-electron chi connectivity index (χ2n) is 2.26. The molecular weight excluding hydrogens is 228 g/mol. The van der Waals surface area contributed by atoms with E-state index in [-0.39, 0.29) is 0 Å². The molecule has 0 saturated heterocycles. The lowest BCUT2D eigenvalue weighted by Crippen LogP contribution is -1.83. The highest BCUT2D eigenvalue weighted by Gasteiger charge is 2.12. The van der Waals surface area contributed by atoms with E-state index in [1.54, 1.807) is 0 Å². The smallest absolute Gasteiger partial charge is 0.142 e. The van der Waals surface area contributed by atoms with E-state index >= 15 is 0 Å². The first-order valence-corrected chi connectivity index (χ1v) is 5.58. The fraction of sp³-hybridized carbons (Fsp3) is 0.333. The van der Waals surface area contributed by atoms with Crippen LogP contribution in [0.5, 0.6) is 0 Å². The Morgan fingerprint density at radius 2 is 2.15 bits per heavy atom. The van der Waals surface area contributed by atoms with Crippen molar-refractivity contribution in [1.29, 1.82) is 0 Å². The zero-order chi connectivity index (χ0) is 9.26. The van der Waals surface area contributed by atoms with Gasteiger partial charge in [0.2, 0.25) is 4.47 Å². The van der Waals surface area contributed by atoms with Crippen molar-refractivity contribution in [2.75, 3.05) is 0 Å². The minimum Gasteiger partial charge on any atom is -0.142 e. The van der Waals surface area contributed by atoms with Gasteiger partial charge in [-0.3, -0.25) is 0 Å². The second-order valence-corrected chi connectivity index (χ2v) is 4.58. The van der Waals surface area contributed by atoms with Crippen molar-refractivity contribution >= 4 is 34.5 Å². The van der Waals surface area contributed by atoms with Gasteiger partial charge in [-0.05, 0) is 29.6 Å². The average molecular weight is 233 g/mol. The molecule has 0 saturated carbocycles. The van der Waals surface area contributed by atoms with E-state index in [4.69, 9.17) is 11.6 Å². The number of hydrogen-bond donors (Lipinski definition) is 0. The van der Waals surface area contributed by atoms with Gasteiger partial charge in [-0.1, -0.05) is 22.7 Å². The van der Waals surface area contributed by atoms with Crippen LogP contribution in [0.15, 0.2) is 0 Å². The zero-order valence-corrected chi connectivity index (χ0v) is 9.08. The van der Waals surface area contributed by atoms with E-state index in [1.165, 1.54) is 22.9 Å². The summed E-state index contributed by atoms with van der Waals surface area (Å²) in [7, 11) is 0. The van der Waals surface area contributed by atoms with Crippen LogP contribution in [0.25, 0.3) is 9.88 Å². The summed E-state index contributed by atoms with van der Waals surface area (Å²) in [6.45, 7) is 2.03. The quantitative estimate of drug-likeness (QED) is 0.797. The van der Waals surface area contributed by atoms with Gasteiger partial charge >= 0.3 is 0 Å². The van der Waals surface area contributed by atoms with Crippen molar-refractivity contribution in [1.82, 2.24) is 19.8 Å². The highest BCUT2D eigenvalue weighted by molar-refractivity contribution is 7.21. The summed E-state index contributed by atoms with van der Waals surface area (Å²) in [4.78, 5) is 0.979. The number of rotatable bonds is 2. The number of hydrogen-bond acceptors (Lipinski definition) is 6. The Kier molecular flexibility index (Phi) is 2.52. The van der Waals surface area contributed by atoms with E-state index in [9.17, 15) is 0 Å². The fourth-order valence-electron chi connectivity index (χ4n) is 0.899. The monoisotopic (exact) mass is 232 g/mol. The Morgan fingerprint density at radius 3 is 2.77 bits per heavy atom. The molecule has 0 N–H and O–H groups in total. The maximum Gasteiger partial charge on any atom is 0.207 e. The molecule has 0 aliphatic rings. The van der Waals surface area contributed by atoms with Gasteiger partial charge in [0.15, 0.2) is 5.01 Å². The molecule has 2 aromatic heterocycles. The second kappa shape index (κ2) is 3.65. The van der Waals surface area contributed by atoms with Crippen LogP contribution in [0.4, 0.5) is 0 Å². The molecule has 13 heavy (non-hydrogen) atoms. The minimum absolute atomic E-state index is 0.449. The summed E-state index contributed by atoms with van der Waals surface area (Å²) in [5.41, 5.74) is 0.956. The number of aromatic nitrogens is 4. The standard InChI is InChI=1S/C6H5ClN4S2/c1-2-3-4(13-11-8-3)5-9-10-6(7)12-5/h2H2,1H3. The van der Waals surface area contributed by atoms with Crippen molar-refractivity contribution in [3.63, 3.8) is 0 Å². The Hall–Kier alpha value is -0.590. The zero-order valence-electron chi connectivity index (χ0n) is 6.69. The van der Waals surface area contributed by atoms with Gasteiger partial charge in [0.1, 0.15) is 4.88 Å². The third-order valence-electron chi connectivity index (χ3n) is 1.49. The molecule has 68 valence electrons. The lowest BCUT2D eigenvalue weighted by atomic mass is 10.3. The summed E-state index contributed by atoms with van der Waals surface area (Å²) >= 11 is 8.36. The molecule has 0 aliphatic heterocycles. The molecule has 0 radical (unpaired) electrons. The Morgan fingerprint density at radius 1 is 1.31 bits per heavy atom. The largest absolute Gasteiger partial charge is 0.207 e. The molecule has 0 fully saturated rings. The molecule has 0 aromatic carbocycles. The van der Waals surface area contributed by atoms with Gasteiger partial charge in [0, 0.05) is 0 Å². The molecule has 0 aliphatic carbocycles. The van der Waals surface area contributed by atoms with Crippen LogP contribution in [0.3, 0.4) is 0 Å². The summed E-state index contributed by atoms with van der Waals surface area (Å²) in [6.07, 6.45) is 0.850. The summed E-state index contributed by atoms with van der Waals surface area (Å²) in [6, 6.07) is 0. The summed E-state index contributed by atoms with van der Waals surface area (Å²) < 4.78 is 4.32. The lowest BCUT2D eigenvalue weighted by Gasteiger charge is -1.89. The third kappa shape index (κ3) is 1.70. The van der Waals surface area contributed by atoms with Crippen LogP contribution in [-0.4, -0.2) is 19.8 Å². The van der Waals surface area contributed by atoms with Crippen LogP contribution < -0.4 is 0 Å². The minimum atomic E-state index is 0.449. The maximum atomic E-state index is 5.68. The van der Waals surface area contributed by atoms with Crippen molar-refractivity contribution in [2.45, 2.75) is 13.3 Å². The van der Waals surface area contributed by atoms with Gasteiger partial charge in [0.05, 0.1) is 5.69 Å². The van der Waals surface area contributed by atoms with E-state index in [0.717, 1.165) is 22.0 Å². The topological polar surface area (TPSA) is 51.6 Å². The molecule has 0 atom stereocenters. The third-order valence-corrected chi connectivity index (χ3v) is 3.43. The van der Waals surface area contributed by atoms with E-state index in [1.807, 2.05) is 6.92 Å². The van der Waals surface area contributed by atoms with Crippen LogP contribution >= 0.6 is 34.5 Å². The number of halogens is 1. The highest BCUT2D eigenvalue weighted by Crippen LogP contribution is 2.30. The normalized spacial score (nSPS) is 10.6. The van der Waals surface area contributed by atoms with Gasteiger partial charge < -0.3 is 0 Å². The molecule has 7 heteroatoms. The molecule has 2 aromatic rings. The predicted octanol–water partition coefficient (Wildman–Crippen LogP) is 2.27. The van der Waals surface area contributed by atoms with Crippen LogP contribution in [0, 0.1) is 0 Å². The summed E-state index contributed by atoms with van der Waals surface area (Å²) in [5.74, 6) is 0. The molecular formula is C6H5ClN4S2. The van der Waals surface area contributed by atoms with Crippen molar-refractivity contribution in [2.24, 2.45) is 0 Å². The Labute approximate surface area is 87.8 Å². The van der Waals surface area contributed by atoms with E-state index < -0.39 is 0 Å². The maximum absolute atomic E-state index is 5.68. The summed E-state index contributed by atoms with van der Waals surface area (Å²) in [5, 5.41) is 12.5. The van der Waals surface area contributed by atoms with Gasteiger partial charge in [-0.15, -0.1) is 15.3 Å². The van der Waals surface area contributed by atoms with Crippen LogP contribution in [-0.2, 0) is 6.42 Å². The number of aryl methyl sites for hydroxylation is 1. The average Bonchev–Trinajstić information content (AvgIpc) is 2.71. The van der Waals surface area contributed by atoms with E-state index in [2.05, 4.69) is 19.8 Å². The highest BCUT2D eigenvalue weighted by atomic mass is 35.5. The van der Waals surface area contributed by atoms with Crippen molar-refractivity contribution in [3.05, 3.63) is 10.2 Å². The van der Waals surface area contributed by atoms with Crippen LogP contribution in [0.2, 0.25) is 4.47 Å². The van der Waals surface area contributed by atoms with Gasteiger partial charge in [-0.25, -0.2) is 0 Å². The molecule has 2 rings (SSSR count).